The van der Waals surface area contributed by atoms with Crippen molar-refractivity contribution in [3.05, 3.63) is 41.5 Å². The van der Waals surface area contributed by atoms with Crippen molar-refractivity contribution in [2.24, 2.45) is 0 Å². The molecule has 0 saturated heterocycles. The smallest absolute Gasteiger partial charge is 0.312 e. The summed E-state index contributed by atoms with van der Waals surface area (Å²) in [6.07, 6.45) is 0.231. The minimum absolute atomic E-state index is 0.184. The third-order valence-corrected chi connectivity index (χ3v) is 4.28. The number of methoxy groups -OCH3 is 2. The third-order valence-electron chi connectivity index (χ3n) is 4.28. The van der Waals surface area contributed by atoms with Crippen molar-refractivity contribution >= 4 is 5.97 Å². The van der Waals surface area contributed by atoms with Crippen molar-refractivity contribution in [2.45, 2.75) is 12.3 Å². The number of rotatable bonds is 3. The highest BCUT2D eigenvalue weighted by molar-refractivity contribution is 5.79. The topological polar surface area (TPSA) is 63.2 Å². The van der Waals surface area contributed by atoms with E-state index in [-0.39, 0.29) is 25.1 Å². The van der Waals surface area contributed by atoms with E-state index in [1.54, 1.807) is 26.4 Å². The van der Waals surface area contributed by atoms with Gasteiger partial charge in [-0.25, -0.2) is 0 Å². The first-order valence-electron chi connectivity index (χ1n) is 7.55. The lowest BCUT2D eigenvalue weighted by Gasteiger charge is -2.27. The molecule has 0 amide bonds. The lowest BCUT2D eigenvalue weighted by molar-refractivity contribution is -0.135. The van der Waals surface area contributed by atoms with Crippen molar-refractivity contribution in [1.29, 1.82) is 0 Å². The fourth-order valence-corrected chi connectivity index (χ4v) is 3.14. The maximum Gasteiger partial charge on any atom is 0.312 e. The third kappa shape index (κ3) is 2.31. The van der Waals surface area contributed by atoms with E-state index >= 15 is 0 Å². The predicted octanol–water partition coefficient (Wildman–Crippen LogP) is 2.87. The van der Waals surface area contributed by atoms with Crippen molar-refractivity contribution in [3.63, 3.8) is 0 Å². The van der Waals surface area contributed by atoms with E-state index in [1.165, 1.54) is 0 Å². The van der Waals surface area contributed by atoms with Crippen LogP contribution in [0.5, 0.6) is 28.7 Å². The van der Waals surface area contributed by atoms with Crippen LogP contribution in [0.1, 0.15) is 23.5 Å². The Morgan fingerprint density at radius 2 is 1.83 bits per heavy atom. The van der Waals surface area contributed by atoms with Gasteiger partial charge < -0.3 is 23.7 Å². The van der Waals surface area contributed by atoms with E-state index in [0.29, 0.717) is 28.7 Å². The van der Waals surface area contributed by atoms with E-state index in [1.807, 2.05) is 18.2 Å². The molecule has 0 saturated carbocycles. The minimum Gasteiger partial charge on any atom is -0.496 e. The highest BCUT2D eigenvalue weighted by Gasteiger charge is 2.33. The predicted molar refractivity (Wildman–Crippen MR) is 84.2 cm³/mol. The number of ether oxygens (including phenoxy) is 5. The fraction of sp³-hybridized carbons (Fsp3) is 0.278. The van der Waals surface area contributed by atoms with Crippen molar-refractivity contribution in [3.8, 4) is 28.7 Å². The number of benzene rings is 2. The molecule has 0 aliphatic carbocycles. The summed E-state index contributed by atoms with van der Waals surface area (Å²) in [4.78, 5) is 12.1. The summed E-state index contributed by atoms with van der Waals surface area (Å²) in [6.45, 7) is 0.211. The summed E-state index contributed by atoms with van der Waals surface area (Å²) in [7, 11) is 3.14. The molecule has 2 aliphatic rings. The van der Waals surface area contributed by atoms with E-state index in [4.69, 9.17) is 23.7 Å². The van der Waals surface area contributed by atoms with Gasteiger partial charge in [-0.05, 0) is 17.7 Å². The maximum absolute atomic E-state index is 12.1. The van der Waals surface area contributed by atoms with Gasteiger partial charge in [0.05, 0.1) is 20.6 Å². The summed E-state index contributed by atoms with van der Waals surface area (Å²) < 4.78 is 27.0. The zero-order valence-electron chi connectivity index (χ0n) is 13.3. The van der Waals surface area contributed by atoms with Gasteiger partial charge in [-0.3, -0.25) is 4.79 Å². The Labute approximate surface area is 138 Å². The zero-order chi connectivity index (χ0) is 16.7. The van der Waals surface area contributed by atoms with Gasteiger partial charge in [0.25, 0.3) is 0 Å². The van der Waals surface area contributed by atoms with Gasteiger partial charge in [-0.1, -0.05) is 6.07 Å². The number of esters is 1. The van der Waals surface area contributed by atoms with Crippen LogP contribution in [-0.2, 0) is 4.79 Å². The van der Waals surface area contributed by atoms with Gasteiger partial charge in [0, 0.05) is 23.6 Å². The first-order chi connectivity index (χ1) is 11.7. The molecule has 6 nitrogen and oxygen atoms in total. The van der Waals surface area contributed by atoms with Crippen molar-refractivity contribution < 1.29 is 28.5 Å². The molecule has 6 heteroatoms. The molecule has 2 aromatic rings. The number of carbonyl (C=O) groups excluding carboxylic acids is 1. The van der Waals surface area contributed by atoms with Crippen molar-refractivity contribution in [2.75, 3.05) is 21.0 Å². The van der Waals surface area contributed by atoms with Crippen LogP contribution in [0.25, 0.3) is 0 Å². The Morgan fingerprint density at radius 3 is 2.62 bits per heavy atom. The highest BCUT2D eigenvalue weighted by Crippen LogP contribution is 2.47. The van der Waals surface area contributed by atoms with Crippen LogP contribution in [0.3, 0.4) is 0 Å². The second kappa shape index (κ2) is 5.63. The second-order valence-corrected chi connectivity index (χ2v) is 5.58. The summed E-state index contributed by atoms with van der Waals surface area (Å²) in [5.41, 5.74) is 1.78. The molecule has 0 bridgehead atoms. The molecule has 0 radical (unpaired) electrons. The molecule has 0 spiro atoms. The number of hydrogen-bond donors (Lipinski definition) is 0. The molecule has 2 aliphatic heterocycles. The molecule has 1 atom stereocenters. The SMILES string of the molecule is COc1cc(OC)c2c(c1)OC(=O)C[C@H]2c1ccc2c(c1)OCO2. The van der Waals surface area contributed by atoms with Crippen LogP contribution in [0, 0.1) is 0 Å². The molecule has 0 fully saturated rings. The first kappa shape index (κ1) is 14.7. The van der Waals surface area contributed by atoms with E-state index in [0.717, 1.165) is 11.1 Å². The summed E-state index contributed by atoms with van der Waals surface area (Å²) in [5, 5.41) is 0. The van der Waals surface area contributed by atoms with Crippen LogP contribution in [0.4, 0.5) is 0 Å². The fourth-order valence-electron chi connectivity index (χ4n) is 3.14. The standard InChI is InChI=1S/C18H16O6/c1-20-11-6-15(21-2)18-12(8-17(19)24-16(18)7-11)10-3-4-13-14(5-10)23-9-22-13/h3-7,12H,8-9H2,1-2H3/t12-/m0/s1. The monoisotopic (exact) mass is 328 g/mol. The number of fused-ring (bicyclic) bond motifs is 2. The van der Waals surface area contributed by atoms with Crippen LogP contribution < -0.4 is 23.7 Å². The highest BCUT2D eigenvalue weighted by atomic mass is 16.7. The average molecular weight is 328 g/mol. The Hall–Kier alpha value is -2.89. The summed E-state index contributed by atoms with van der Waals surface area (Å²) in [6, 6.07) is 9.18. The molecule has 24 heavy (non-hydrogen) atoms. The summed E-state index contributed by atoms with van der Waals surface area (Å²) >= 11 is 0. The van der Waals surface area contributed by atoms with E-state index < -0.39 is 0 Å². The molecule has 124 valence electrons. The minimum atomic E-state index is -0.291. The zero-order valence-corrected chi connectivity index (χ0v) is 13.3. The Balaban J connectivity index is 1.85. The molecular formula is C18H16O6. The molecule has 0 unspecified atom stereocenters. The van der Waals surface area contributed by atoms with Crippen LogP contribution in [-0.4, -0.2) is 27.0 Å². The first-order valence-corrected chi connectivity index (χ1v) is 7.55. The van der Waals surface area contributed by atoms with Gasteiger partial charge >= 0.3 is 5.97 Å². The average Bonchev–Trinajstić information content (AvgIpc) is 3.07. The second-order valence-electron chi connectivity index (χ2n) is 5.58. The van der Waals surface area contributed by atoms with Crippen LogP contribution >= 0.6 is 0 Å². The quantitative estimate of drug-likeness (QED) is 0.638. The maximum atomic E-state index is 12.1. The molecular weight excluding hydrogens is 312 g/mol. The Kier molecular flexibility index (Phi) is 3.45. The van der Waals surface area contributed by atoms with Gasteiger partial charge in [0.15, 0.2) is 11.5 Å². The lowest BCUT2D eigenvalue weighted by atomic mass is 9.85. The van der Waals surface area contributed by atoms with Crippen LogP contribution in [0.15, 0.2) is 30.3 Å². The van der Waals surface area contributed by atoms with E-state index in [9.17, 15) is 4.79 Å². The normalized spacial score (nSPS) is 17.9. The van der Waals surface area contributed by atoms with Crippen LogP contribution in [0.2, 0.25) is 0 Å². The number of hydrogen-bond acceptors (Lipinski definition) is 6. The van der Waals surface area contributed by atoms with Gasteiger partial charge in [-0.15, -0.1) is 0 Å². The van der Waals surface area contributed by atoms with Gasteiger partial charge in [0.2, 0.25) is 6.79 Å². The Bertz CT molecular complexity index is 813. The molecule has 2 heterocycles. The van der Waals surface area contributed by atoms with E-state index in [2.05, 4.69) is 0 Å². The largest absolute Gasteiger partial charge is 0.496 e. The van der Waals surface area contributed by atoms with Crippen molar-refractivity contribution in [1.82, 2.24) is 0 Å². The Morgan fingerprint density at radius 1 is 1.00 bits per heavy atom. The molecule has 0 N–H and O–H groups in total. The molecule has 0 aromatic heterocycles. The molecule has 4 rings (SSSR count). The van der Waals surface area contributed by atoms with Gasteiger partial charge in [-0.2, -0.15) is 0 Å². The summed E-state index contributed by atoms with van der Waals surface area (Å²) in [5.74, 6) is 2.57. The van der Waals surface area contributed by atoms with Gasteiger partial charge in [0.1, 0.15) is 17.2 Å². The lowest BCUT2D eigenvalue weighted by Crippen LogP contribution is -2.21. The molecule has 2 aromatic carbocycles. The number of carbonyl (C=O) groups is 1.